The van der Waals surface area contributed by atoms with E-state index < -0.39 is 0 Å². The van der Waals surface area contributed by atoms with Crippen molar-refractivity contribution in [2.45, 2.75) is 46.0 Å². The fourth-order valence-corrected chi connectivity index (χ4v) is 2.54. The van der Waals surface area contributed by atoms with E-state index >= 15 is 0 Å². The van der Waals surface area contributed by atoms with Crippen LogP contribution in [0, 0.1) is 29.1 Å². The highest BCUT2D eigenvalue weighted by atomic mass is 16.1. The molecule has 0 heterocycles. The molecule has 0 aromatic heterocycles. The zero-order valence-electron chi connectivity index (χ0n) is 9.12. The molecule has 0 N–H and O–H groups in total. The summed E-state index contributed by atoms with van der Waals surface area (Å²) in [6.45, 7) is 3.62. The van der Waals surface area contributed by atoms with Gasteiger partial charge in [-0.25, -0.2) is 0 Å². The number of nitriles is 1. The van der Waals surface area contributed by atoms with Crippen molar-refractivity contribution in [1.29, 1.82) is 5.26 Å². The Kier molecular flexibility index (Phi) is 4.13. The van der Waals surface area contributed by atoms with Gasteiger partial charge in [-0.1, -0.05) is 19.3 Å². The van der Waals surface area contributed by atoms with Crippen molar-refractivity contribution in [3.63, 3.8) is 0 Å². The Morgan fingerprint density at radius 2 is 2.00 bits per heavy atom. The summed E-state index contributed by atoms with van der Waals surface area (Å²) in [6, 6.07) is 2.30. The lowest BCUT2D eigenvalue weighted by Crippen LogP contribution is -2.25. The molecule has 78 valence electrons. The van der Waals surface area contributed by atoms with E-state index in [1.54, 1.807) is 6.92 Å². The van der Waals surface area contributed by atoms with E-state index in [1.807, 2.05) is 6.92 Å². The van der Waals surface area contributed by atoms with Crippen molar-refractivity contribution in [2.75, 3.05) is 0 Å². The standard InChI is InChI=1S/C12H19NO/c1-9(8-13)11-6-4-3-5-7-12(11)10(2)14/h9,11-12H,3-7H2,1-2H3. The fourth-order valence-electron chi connectivity index (χ4n) is 2.54. The molecule has 0 spiro atoms. The molecule has 0 radical (unpaired) electrons. The first-order valence-electron chi connectivity index (χ1n) is 5.57. The van der Waals surface area contributed by atoms with Gasteiger partial charge in [-0.15, -0.1) is 0 Å². The minimum atomic E-state index is 0.0296. The lowest BCUT2D eigenvalue weighted by Gasteiger charge is -2.24. The molecule has 1 aliphatic rings. The fraction of sp³-hybridized carbons (Fsp3) is 0.833. The van der Waals surface area contributed by atoms with Gasteiger partial charge in [0.2, 0.25) is 0 Å². The predicted molar refractivity (Wildman–Crippen MR) is 55.5 cm³/mol. The van der Waals surface area contributed by atoms with E-state index in [-0.39, 0.29) is 17.6 Å². The van der Waals surface area contributed by atoms with Crippen molar-refractivity contribution in [3.05, 3.63) is 0 Å². The monoisotopic (exact) mass is 193 g/mol. The maximum absolute atomic E-state index is 11.5. The van der Waals surface area contributed by atoms with Gasteiger partial charge in [-0.3, -0.25) is 4.79 Å². The van der Waals surface area contributed by atoms with Crippen molar-refractivity contribution < 1.29 is 4.79 Å². The van der Waals surface area contributed by atoms with Gasteiger partial charge in [0, 0.05) is 11.8 Å². The molecule has 0 bridgehead atoms. The molecule has 3 atom stereocenters. The van der Waals surface area contributed by atoms with Crippen molar-refractivity contribution in [2.24, 2.45) is 17.8 Å². The van der Waals surface area contributed by atoms with Gasteiger partial charge in [0.1, 0.15) is 5.78 Å². The number of Topliss-reactive ketones (excluding diaryl/α,β-unsaturated/α-hetero) is 1. The van der Waals surface area contributed by atoms with Gasteiger partial charge >= 0.3 is 0 Å². The van der Waals surface area contributed by atoms with Crippen LogP contribution in [0.25, 0.3) is 0 Å². The summed E-state index contributed by atoms with van der Waals surface area (Å²) in [5.41, 5.74) is 0. The normalized spacial score (nSPS) is 30.1. The Morgan fingerprint density at radius 3 is 2.57 bits per heavy atom. The number of hydrogen-bond acceptors (Lipinski definition) is 2. The van der Waals surface area contributed by atoms with Crippen LogP contribution >= 0.6 is 0 Å². The number of nitrogens with zero attached hydrogens (tertiary/aromatic N) is 1. The summed E-state index contributed by atoms with van der Waals surface area (Å²) >= 11 is 0. The van der Waals surface area contributed by atoms with Crippen molar-refractivity contribution in [3.8, 4) is 6.07 Å². The van der Waals surface area contributed by atoms with Crippen LogP contribution in [0.15, 0.2) is 0 Å². The zero-order valence-corrected chi connectivity index (χ0v) is 9.12. The lowest BCUT2D eigenvalue weighted by molar-refractivity contribution is -0.123. The summed E-state index contributed by atoms with van der Waals surface area (Å²) < 4.78 is 0. The number of carbonyl (C=O) groups is 1. The quantitative estimate of drug-likeness (QED) is 0.633. The van der Waals surface area contributed by atoms with Gasteiger partial charge in [0.05, 0.1) is 6.07 Å². The second-order valence-corrected chi connectivity index (χ2v) is 4.44. The van der Waals surface area contributed by atoms with Crippen molar-refractivity contribution in [1.82, 2.24) is 0 Å². The van der Waals surface area contributed by atoms with Gasteiger partial charge in [0.15, 0.2) is 0 Å². The van der Waals surface area contributed by atoms with Crippen LogP contribution in [0.4, 0.5) is 0 Å². The summed E-state index contributed by atoms with van der Waals surface area (Å²) in [5.74, 6) is 0.758. The molecule has 1 fully saturated rings. The molecule has 1 aliphatic carbocycles. The molecule has 0 amide bonds. The van der Waals surface area contributed by atoms with Crippen LogP contribution < -0.4 is 0 Å². The summed E-state index contributed by atoms with van der Waals surface area (Å²) in [7, 11) is 0. The van der Waals surface area contributed by atoms with Gasteiger partial charge < -0.3 is 0 Å². The minimum Gasteiger partial charge on any atom is -0.300 e. The van der Waals surface area contributed by atoms with E-state index in [2.05, 4.69) is 6.07 Å². The number of hydrogen-bond donors (Lipinski definition) is 0. The van der Waals surface area contributed by atoms with Gasteiger partial charge in [-0.05, 0) is 32.6 Å². The van der Waals surface area contributed by atoms with E-state index in [0.29, 0.717) is 5.92 Å². The topological polar surface area (TPSA) is 40.9 Å². The van der Waals surface area contributed by atoms with Crippen LogP contribution in [0.5, 0.6) is 0 Å². The largest absolute Gasteiger partial charge is 0.300 e. The molecule has 0 aromatic carbocycles. The Labute approximate surface area is 86.3 Å². The Balaban J connectivity index is 2.74. The Morgan fingerprint density at radius 1 is 1.36 bits per heavy atom. The second-order valence-electron chi connectivity index (χ2n) is 4.44. The summed E-state index contributed by atoms with van der Waals surface area (Å²) in [4.78, 5) is 11.5. The van der Waals surface area contributed by atoms with Crippen LogP contribution in [0.1, 0.15) is 46.0 Å². The molecule has 14 heavy (non-hydrogen) atoms. The van der Waals surface area contributed by atoms with Crippen LogP contribution in [0.3, 0.4) is 0 Å². The number of rotatable bonds is 2. The van der Waals surface area contributed by atoms with E-state index in [9.17, 15) is 4.79 Å². The third kappa shape index (κ3) is 2.57. The summed E-state index contributed by atoms with van der Waals surface area (Å²) in [5, 5.41) is 8.92. The van der Waals surface area contributed by atoms with E-state index in [1.165, 1.54) is 12.8 Å². The maximum Gasteiger partial charge on any atom is 0.133 e. The minimum absolute atomic E-state index is 0.0296. The SMILES string of the molecule is CC(=O)C1CCCCCC1C(C)C#N. The van der Waals surface area contributed by atoms with Crippen molar-refractivity contribution >= 4 is 5.78 Å². The highest BCUT2D eigenvalue weighted by Crippen LogP contribution is 2.34. The first kappa shape index (κ1) is 11.2. The first-order valence-corrected chi connectivity index (χ1v) is 5.57. The van der Waals surface area contributed by atoms with Gasteiger partial charge in [0.25, 0.3) is 0 Å². The van der Waals surface area contributed by atoms with Gasteiger partial charge in [-0.2, -0.15) is 5.26 Å². The Bertz CT molecular complexity index is 241. The molecule has 0 saturated heterocycles. The molecule has 2 nitrogen and oxygen atoms in total. The predicted octanol–water partition coefficient (Wildman–Crippen LogP) is 2.93. The molecule has 3 unspecified atom stereocenters. The molecule has 2 heteroatoms. The number of carbonyl (C=O) groups excluding carboxylic acids is 1. The molecule has 0 aromatic rings. The van der Waals surface area contributed by atoms with E-state index in [4.69, 9.17) is 5.26 Å². The molecule has 0 aliphatic heterocycles. The highest BCUT2D eigenvalue weighted by Gasteiger charge is 2.30. The van der Waals surface area contributed by atoms with E-state index in [0.717, 1.165) is 19.3 Å². The van der Waals surface area contributed by atoms with Crippen LogP contribution in [-0.4, -0.2) is 5.78 Å². The third-order valence-corrected chi connectivity index (χ3v) is 3.44. The molecule has 1 rings (SSSR count). The molecular formula is C12H19NO. The third-order valence-electron chi connectivity index (χ3n) is 3.44. The van der Waals surface area contributed by atoms with Crippen LogP contribution in [-0.2, 0) is 4.79 Å². The highest BCUT2D eigenvalue weighted by molar-refractivity contribution is 5.78. The molecule has 1 saturated carbocycles. The Hall–Kier alpha value is -0.840. The summed E-state index contributed by atoms with van der Waals surface area (Å²) in [6.07, 6.45) is 5.60. The van der Waals surface area contributed by atoms with Crippen LogP contribution in [0.2, 0.25) is 0 Å². The average Bonchev–Trinajstić information content (AvgIpc) is 2.41. The maximum atomic E-state index is 11.5. The average molecular weight is 193 g/mol. The zero-order chi connectivity index (χ0) is 10.6. The second kappa shape index (κ2) is 5.14. The smallest absolute Gasteiger partial charge is 0.133 e. The number of ketones is 1. The first-order chi connectivity index (χ1) is 6.66. The lowest BCUT2D eigenvalue weighted by atomic mass is 9.78. The molecular weight excluding hydrogens is 174 g/mol.